The van der Waals surface area contributed by atoms with E-state index < -0.39 is 0 Å². The smallest absolute Gasteiger partial charge is 0.231 e. The lowest BCUT2D eigenvalue weighted by molar-refractivity contribution is 0.174. The number of hydrogen-bond donors (Lipinski definition) is 2. The molecule has 5 nitrogen and oxygen atoms in total. The van der Waals surface area contributed by atoms with Crippen LogP contribution in [0.15, 0.2) is 47.5 Å². The summed E-state index contributed by atoms with van der Waals surface area (Å²) in [6.45, 7) is 4.27. The maximum atomic E-state index is 13.2. The fraction of sp³-hybridized carbons (Fsp3) is 0.316. The molecule has 0 aromatic heterocycles. The Morgan fingerprint density at radius 1 is 1.08 bits per heavy atom. The highest BCUT2D eigenvalue weighted by molar-refractivity contribution is 14.0. The average Bonchev–Trinajstić information content (AvgIpc) is 3.07. The SMILES string of the molecule is CCNC(=NCc1ccc2c(c1)OCO2)NCCc1cccc(F)c1.I. The van der Waals surface area contributed by atoms with E-state index in [-0.39, 0.29) is 36.6 Å². The van der Waals surface area contributed by atoms with E-state index in [1.54, 1.807) is 12.1 Å². The summed E-state index contributed by atoms with van der Waals surface area (Å²) < 4.78 is 23.9. The van der Waals surface area contributed by atoms with E-state index in [2.05, 4.69) is 15.6 Å². The number of hydrogen-bond acceptors (Lipinski definition) is 3. The third-order valence-corrected chi connectivity index (χ3v) is 3.80. The van der Waals surface area contributed by atoms with Crippen molar-refractivity contribution in [3.63, 3.8) is 0 Å². The van der Waals surface area contributed by atoms with Crippen LogP contribution in [0.2, 0.25) is 0 Å². The average molecular weight is 471 g/mol. The minimum Gasteiger partial charge on any atom is -0.454 e. The van der Waals surface area contributed by atoms with Gasteiger partial charge in [0, 0.05) is 13.1 Å². The second-order valence-corrected chi connectivity index (χ2v) is 5.69. The fourth-order valence-corrected chi connectivity index (χ4v) is 2.57. The zero-order valence-electron chi connectivity index (χ0n) is 14.6. The quantitative estimate of drug-likeness (QED) is 0.385. The van der Waals surface area contributed by atoms with Gasteiger partial charge in [-0.15, -0.1) is 24.0 Å². The number of benzene rings is 2. The van der Waals surface area contributed by atoms with Crippen LogP contribution in [0.3, 0.4) is 0 Å². The number of fused-ring (bicyclic) bond motifs is 1. The Balaban J connectivity index is 0.00000243. The summed E-state index contributed by atoms with van der Waals surface area (Å²) in [6, 6.07) is 12.5. The monoisotopic (exact) mass is 471 g/mol. The second-order valence-electron chi connectivity index (χ2n) is 5.69. The van der Waals surface area contributed by atoms with Gasteiger partial charge < -0.3 is 20.1 Å². The molecule has 3 rings (SSSR count). The molecule has 0 atom stereocenters. The molecule has 2 N–H and O–H groups in total. The lowest BCUT2D eigenvalue weighted by Gasteiger charge is -2.11. The van der Waals surface area contributed by atoms with Crippen molar-refractivity contribution in [3.8, 4) is 11.5 Å². The lowest BCUT2D eigenvalue weighted by Crippen LogP contribution is -2.38. The van der Waals surface area contributed by atoms with Crippen LogP contribution in [0.5, 0.6) is 11.5 Å². The highest BCUT2D eigenvalue weighted by Crippen LogP contribution is 2.32. The standard InChI is InChI=1S/C19H22FN3O2.HI/c1-2-21-19(22-9-8-14-4-3-5-16(20)10-14)23-12-15-6-7-17-18(11-15)25-13-24-17;/h3-7,10-11H,2,8-9,12-13H2,1H3,(H2,21,22,23);1H. The molecule has 0 saturated carbocycles. The van der Waals surface area contributed by atoms with E-state index in [9.17, 15) is 4.39 Å². The Bertz CT molecular complexity index is 755. The number of aliphatic imine (C=N–C) groups is 1. The molecule has 140 valence electrons. The largest absolute Gasteiger partial charge is 0.454 e. The van der Waals surface area contributed by atoms with E-state index in [1.807, 2.05) is 31.2 Å². The van der Waals surface area contributed by atoms with Gasteiger partial charge in [-0.3, -0.25) is 0 Å². The highest BCUT2D eigenvalue weighted by atomic mass is 127. The minimum atomic E-state index is -0.208. The molecule has 7 heteroatoms. The number of rotatable bonds is 6. The van der Waals surface area contributed by atoms with Crippen LogP contribution in [-0.4, -0.2) is 25.8 Å². The highest BCUT2D eigenvalue weighted by Gasteiger charge is 2.12. The van der Waals surface area contributed by atoms with Gasteiger partial charge in [-0.2, -0.15) is 0 Å². The molecular weight excluding hydrogens is 448 g/mol. The van der Waals surface area contributed by atoms with Gasteiger partial charge in [0.25, 0.3) is 0 Å². The van der Waals surface area contributed by atoms with Gasteiger partial charge in [-0.1, -0.05) is 18.2 Å². The van der Waals surface area contributed by atoms with Gasteiger partial charge in [0.2, 0.25) is 6.79 Å². The van der Waals surface area contributed by atoms with Gasteiger partial charge in [-0.25, -0.2) is 9.38 Å². The molecule has 0 bridgehead atoms. The van der Waals surface area contributed by atoms with E-state index in [1.165, 1.54) is 6.07 Å². The lowest BCUT2D eigenvalue weighted by atomic mass is 10.1. The first-order valence-electron chi connectivity index (χ1n) is 8.40. The molecule has 1 aliphatic rings. The topological polar surface area (TPSA) is 54.9 Å². The molecule has 0 spiro atoms. The van der Waals surface area contributed by atoms with Gasteiger partial charge in [0.15, 0.2) is 17.5 Å². The van der Waals surface area contributed by atoms with Crippen LogP contribution in [0.4, 0.5) is 4.39 Å². The van der Waals surface area contributed by atoms with Gasteiger partial charge in [0.1, 0.15) is 5.82 Å². The van der Waals surface area contributed by atoms with Gasteiger partial charge in [-0.05, 0) is 48.7 Å². The number of guanidine groups is 1. The van der Waals surface area contributed by atoms with Crippen LogP contribution < -0.4 is 20.1 Å². The second kappa shape index (κ2) is 10.2. The van der Waals surface area contributed by atoms with E-state index in [0.29, 0.717) is 13.1 Å². The Labute approximate surface area is 170 Å². The van der Waals surface area contributed by atoms with Crippen LogP contribution in [0.25, 0.3) is 0 Å². The third-order valence-electron chi connectivity index (χ3n) is 3.80. The normalized spacial score (nSPS) is 12.5. The molecule has 0 saturated heterocycles. The Morgan fingerprint density at radius 2 is 1.92 bits per heavy atom. The summed E-state index contributed by atoms with van der Waals surface area (Å²) in [4.78, 5) is 4.58. The zero-order valence-corrected chi connectivity index (χ0v) is 17.0. The minimum absolute atomic E-state index is 0. The van der Waals surface area contributed by atoms with Gasteiger partial charge in [0.05, 0.1) is 6.54 Å². The number of halogens is 2. The molecule has 2 aromatic carbocycles. The maximum Gasteiger partial charge on any atom is 0.231 e. The predicted octanol–water partition coefficient (Wildman–Crippen LogP) is 3.47. The molecule has 0 amide bonds. The first-order chi connectivity index (χ1) is 12.2. The number of nitrogens with zero attached hydrogens (tertiary/aromatic N) is 1. The third kappa shape index (κ3) is 5.76. The maximum absolute atomic E-state index is 13.2. The fourth-order valence-electron chi connectivity index (χ4n) is 2.57. The van der Waals surface area contributed by atoms with Crippen molar-refractivity contribution in [1.29, 1.82) is 0 Å². The van der Waals surface area contributed by atoms with Crippen molar-refractivity contribution in [2.45, 2.75) is 19.9 Å². The van der Waals surface area contributed by atoms with E-state index >= 15 is 0 Å². The van der Waals surface area contributed by atoms with Crippen LogP contribution >= 0.6 is 24.0 Å². The van der Waals surface area contributed by atoms with Crippen LogP contribution in [-0.2, 0) is 13.0 Å². The van der Waals surface area contributed by atoms with Gasteiger partial charge >= 0.3 is 0 Å². The molecule has 1 heterocycles. The zero-order chi connectivity index (χ0) is 17.5. The Morgan fingerprint density at radius 3 is 2.73 bits per heavy atom. The van der Waals surface area contributed by atoms with Crippen molar-refractivity contribution < 1.29 is 13.9 Å². The van der Waals surface area contributed by atoms with Crippen molar-refractivity contribution in [2.75, 3.05) is 19.9 Å². The molecule has 1 aliphatic heterocycles. The summed E-state index contributed by atoms with van der Waals surface area (Å²) in [5.41, 5.74) is 2.01. The van der Waals surface area contributed by atoms with Crippen molar-refractivity contribution >= 4 is 29.9 Å². The first-order valence-corrected chi connectivity index (χ1v) is 8.40. The first kappa shape index (κ1) is 20.3. The van der Waals surface area contributed by atoms with Crippen molar-refractivity contribution in [1.82, 2.24) is 10.6 Å². The molecule has 2 aromatic rings. The van der Waals surface area contributed by atoms with Crippen molar-refractivity contribution in [3.05, 3.63) is 59.4 Å². The van der Waals surface area contributed by atoms with Crippen LogP contribution in [0, 0.1) is 5.82 Å². The Hall–Kier alpha value is -2.03. The van der Waals surface area contributed by atoms with E-state index in [4.69, 9.17) is 9.47 Å². The van der Waals surface area contributed by atoms with Crippen LogP contribution in [0.1, 0.15) is 18.1 Å². The number of ether oxygens (including phenoxy) is 2. The molecular formula is C19H23FIN3O2. The predicted molar refractivity (Wildman–Crippen MR) is 111 cm³/mol. The Kier molecular flexibility index (Phi) is 7.96. The molecule has 0 radical (unpaired) electrons. The summed E-state index contributed by atoms with van der Waals surface area (Å²) in [5.74, 6) is 2.06. The summed E-state index contributed by atoms with van der Waals surface area (Å²) in [5, 5.41) is 6.48. The summed E-state index contributed by atoms with van der Waals surface area (Å²) in [7, 11) is 0. The number of nitrogens with one attached hydrogen (secondary N) is 2. The van der Waals surface area contributed by atoms with E-state index in [0.717, 1.165) is 41.6 Å². The molecule has 0 aliphatic carbocycles. The molecule has 26 heavy (non-hydrogen) atoms. The molecule has 0 fully saturated rings. The summed E-state index contributed by atoms with van der Waals surface area (Å²) >= 11 is 0. The van der Waals surface area contributed by atoms with Crippen molar-refractivity contribution in [2.24, 2.45) is 4.99 Å². The molecule has 0 unspecified atom stereocenters. The summed E-state index contributed by atoms with van der Waals surface area (Å²) in [6.07, 6.45) is 0.728.